The molecule has 2 rings (SSSR count). The molecule has 0 amide bonds. The average molecular weight is 333 g/mol. The number of nitriles is 1. The summed E-state index contributed by atoms with van der Waals surface area (Å²) < 4.78 is 14.4. The van der Waals surface area contributed by atoms with Gasteiger partial charge in [0.15, 0.2) is 0 Å². The van der Waals surface area contributed by atoms with E-state index in [0.717, 1.165) is 22.1 Å². The van der Waals surface area contributed by atoms with E-state index in [1.165, 1.54) is 17.7 Å². The highest BCUT2D eigenvalue weighted by Crippen LogP contribution is 2.22. The fourth-order valence-electron chi connectivity index (χ4n) is 2.04. The Labute approximate surface area is 126 Å². The van der Waals surface area contributed by atoms with Crippen LogP contribution < -0.4 is 5.32 Å². The van der Waals surface area contributed by atoms with Gasteiger partial charge < -0.3 is 5.32 Å². The molecule has 1 N–H and O–H groups in total. The first-order valence-corrected chi connectivity index (χ1v) is 7.13. The molecule has 0 heterocycles. The summed E-state index contributed by atoms with van der Waals surface area (Å²) in [4.78, 5) is 0. The van der Waals surface area contributed by atoms with Gasteiger partial charge in [-0.15, -0.1) is 0 Å². The van der Waals surface area contributed by atoms with Crippen LogP contribution in [0.5, 0.6) is 0 Å². The summed E-state index contributed by atoms with van der Waals surface area (Å²) in [6.07, 6.45) is 0.911. The van der Waals surface area contributed by atoms with Gasteiger partial charge in [0.25, 0.3) is 0 Å². The van der Waals surface area contributed by atoms with Crippen molar-refractivity contribution in [3.63, 3.8) is 0 Å². The second kappa shape index (κ2) is 6.53. The normalized spacial score (nSPS) is 10.1. The fourth-order valence-corrected chi connectivity index (χ4v) is 2.45. The lowest BCUT2D eigenvalue weighted by atomic mass is 10.1. The number of hydrogen-bond donors (Lipinski definition) is 1. The Morgan fingerprint density at radius 3 is 2.75 bits per heavy atom. The molecule has 0 aliphatic carbocycles. The maximum atomic E-state index is 13.4. The van der Waals surface area contributed by atoms with Gasteiger partial charge in [0.2, 0.25) is 0 Å². The number of nitrogens with zero attached hydrogens (tertiary/aromatic N) is 1. The molecule has 0 radical (unpaired) electrons. The van der Waals surface area contributed by atoms with E-state index < -0.39 is 0 Å². The molecule has 20 heavy (non-hydrogen) atoms. The molecule has 2 nitrogen and oxygen atoms in total. The Morgan fingerprint density at radius 2 is 2.05 bits per heavy atom. The van der Waals surface area contributed by atoms with Crippen molar-refractivity contribution in [1.29, 1.82) is 5.26 Å². The first kappa shape index (κ1) is 14.5. The Morgan fingerprint density at radius 1 is 1.25 bits per heavy atom. The van der Waals surface area contributed by atoms with Crippen LogP contribution in [0.25, 0.3) is 0 Å². The summed E-state index contributed by atoms with van der Waals surface area (Å²) in [7, 11) is 0. The Kier molecular flexibility index (Phi) is 4.75. The minimum absolute atomic E-state index is 0.341. The SMILES string of the molecule is CCc1cc(Br)ccc1NCc1cc(F)cc(C#N)c1. The molecule has 0 fully saturated rings. The molecule has 0 saturated heterocycles. The average Bonchev–Trinajstić information content (AvgIpc) is 2.45. The number of anilines is 1. The Hall–Kier alpha value is -1.86. The van der Waals surface area contributed by atoms with Crippen LogP contribution in [0, 0.1) is 17.1 Å². The summed E-state index contributed by atoms with van der Waals surface area (Å²) >= 11 is 3.45. The van der Waals surface area contributed by atoms with Gasteiger partial charge in [0.1, 0.15) is 5.82 Å². The van der Waals surface area contributed by atoms with Crippen molar-refractivity contribution in [2.45, 2.75) is 19.9 Å². The van der Waals surface area contributed by atoms with Crippen molar-refractivity contribution in [2.75, 3.05) is 5.32 Å². The zero-order valence-corrected chi connectivity index (χ0v) is 12.7. The van der Waals surface area contributed by atoms with E-state index in [9.17, 15) is 4.39 Å². The van der Waals surface area contributed by atoms with Gasteiger partial charge >= 0.3 is 0 Å². The molecule has 0 aromatic heterocycles. The number of aryl methyl sites for hydroxylation is 1. The summed E-state index contributed by atoms with van der Waals surface area (Å²) in [6.45, 7) is 2.57. The second-order valence-corrected chi connectivity index (χ2v) is 5.38. The van der Waals surface area contributed by atoms with Gasteiger partial charge in [-0.2, -0.15) is 5.26 Å². The first-order chi connectivity index (χ1) is 9.62. The number of halogens is 2. The van der Waals surface area contributed by atoms with Crippen LogP contribution in [-0.2, 0) is 13.0 Å². The van der Waals surface area contributed by atoms with Crippen molar-refractivity contribution in [1.82, 2.24) is 0 Å². The van der Waals surface area contributed by atoms with E-state index in [1.54, 1.807) is 6.07 Å². The first-order valence-electron chi connectivity index (χ1n) is 6.34. The standard InChI is InChI=1S/C16H14BrFN2/c1-2-13-8-14(17)3-4-16(13)20-10-12-5-11(9-19)6-15(18)7-12/h3-8,20H,2,10H2,1H3. The highest BCUT2D eigenvalue weighted by molar-refractivity contribution is 9.10. The number of hydrogen-bond acceptors (Lipinski definition) is 2. The smallest absolute Gasteiger partial charge is 0.124 e. The van der Waals surface area contributed by atoms with E-state index in [4.69, 9.17) is 5.26 Å². The van der Waals surface area contributed by atoms with E-state index in [1.807, 2.05) is 18.2 Å². The maximum Gasteiger partial charge on any atom is 0.124 e. The quantitative estimate of drug-likeness (QED) is 0.885. The zero-order chi connectivity index (χ0) is 14.5. The van der Waals surface area contributed by atoms with Crippen LogP contribution in [0.15, 0.2) is 40.9 Å². The van der Waals surface area contributed by atoms with Gasteiger partial charge in [-0.25, -0.2) is 4.39 Å². The number of benzene rings is 2. The van der Waals surface area contributed by atoms with Crippen molar-refractivity contribution in [3.8, 4) is 6.07 Å². The number of rotatable bonds is 4. The molecule has 0 aliphatic heterocycles. The van der Waals surface area contributed by atoms with Crippen molar-refractivity contribution in [2.24, 2.45) is 0 Å². The summed E-state index contributed by atoms with van der Waals surface area (Å²) in [5, 5.41) is 12.1. The molecule has 2 aromatic carbocycles. The topological polar surface area (TPSA) is 35.8 Å². The van der Waals surface area contributed by atoms with Gasteiger partial charge in [-0.1, -0.05) is 22.9 Å². The highest BCUT2D eigenvalue weighted by atomic mass is 79.9. The Bertz CT molecular complexity index is 662. The molecule has 0 atom stereocenters. The van der Waals surface area contributed by atoms with Crippen LogP contribution in [0.4, 0.5) is 10.1 Å². The van der Waals surface area contributed by atoms with Gasteiger partial charge in [-0.05, 0) is 53.9 Å². The van der Waals surface area contributed by atoms with E-state index in [0.29, 0.717) is 12.1 Å². The van der Waals surface area contributed by atoms with Gasteiger partial charge in [0.05, 0.1) is 11.6 Å². The minimum atomic E-state index is -0.382. The maximum absolute atomic E-state index is 13.4. The zero-order valence-electron chi connectivity index (χ0n) is 11.1. The molecule has 0 bridgehead atoms. The minimum Gasteiger partial charge on any atom is -0.381 e. The molecule has 0 saturated carbocycles. The van der Waals surface area contributed by atoms with Crippen LogP contribution in [-0.4, -0.2) is 0 Å². The monoisotopic (exact) mass is 332 g/mol. The lowest BCUT2D eigenvalue weighted by Gasteiger charge is -2.12. The summed E-state index contributed by atoms with van der Waals surface area (Å²) in [5.74, 6) is -0.382. The molecule has 0 aliphatic rings. The van der Waals surface area contributed by atoms with E-state index >= 15 is 0 Å². The third-order valence-corrected chi connectivity index (χ3v) is 3.51. The third kappa shape index (κ3) is 3.58. The number of nitrogens with one attached hydrogen (secondary N) is 1. The Balaban J connectivity index is 2.17. The second-order valence-electron chi connectivity index (χ2n) is 4.47. The molecular weight excluding hydrogens is 319 g/mol. The predicted molar refractivity (Wildman–Crippen MR) is 82.0 cm³/mol. The molecule has 2 aromatic rings. The van der Waals surface area contributed by atoms with Crippen LogP contribution in [0.2, 0.25) is 0 Å². The molecule has 4 heteroatoms. The van der Waals surface area contributed by atoms with Gasteiger partial charge in [0, 0.05) is 16.7 Å². The molecular formula is C16H14BrFN2. The van der Waals surface area contributed by atoms with Gasteiger partial charge in [-0.3, -0.25) is 0 Å². The molecule has 0 spiro atoms. The van der Waals surface area contributed by atoms with Crippen molar-refractivity contribution in [3.05, 3.63) is 63.4 Å². The van der Waals surface area contributed by atoms with E-state index in [2.05, 4.69) is 34.2 Å². The van der Waals surface area contributed by atoms with Crippen LogP contribution in [0.1, 0.15) is 23.6 Å². The molecule has 102 valence electrons. The van der Waals surface area contributed by atoms with Crippen LogP contribution >= 0.6 is 15.9 Å². The van der Waals surface area contributed by atoms with Crippen LogP contribution in [0.3, 0.4) is 0 Å². The van der Waals surface area contributed by atoms with E-state index in [-0.39, 0.29) is 5.82 Å². The third-order valence-electron chi connectivity index (χ3n) is 3.02. The lowest BCUT2D eigenvalue weighted by molar-refractivity contribution is 0.625. The molecule has 0 unspecified atom stereocenters. The van der Waals surface area contributed by atoms with Crippen molar-refractivity contribution < 1.29 is 4.39 Å². The van der Waals surface area contributed by atoms with Crippen molar-refractivity contribution >= 4 is 21.6 Å². The fraction of sp³-hybridized carbons (Fsp3) is 0.188. The largest absolute Gasteiger partial charge is 0.381 e. The summed E-state index contributed by atoms with van der Waals surface area (Å²) in [6, 6.07) is 12.4. The lowest BCUT2D eigenvalue weighted by Crippen LogP contribution is -2.03. The highest BCUT2D eigenvalue weighted by Gasteiger charge is 2.04. The summed E-state index contributed by atoms with van der Waals surface area (Å²) in [5.41, 5.74) is 3.31. The predicted octanol–water partition coefficient (Wildman–Crippen LogP) is 4.63.